The van der Waals surface area contributed by atoms with Gasteiger partial charge in [0.1, 0.15) is 0 Å². The summed E-state index contributed by atoms with van der Waals surface area (Å²) in [5, 5.41) is 0.856. The van der Waals surface area contributed by atoms with Crippen LogP contribution in [0.4, 0.5) is 0 Å². The lowest BCUT2D eigenvalue weighted by Crippen LogP contribution is -2.03. The van der Waals surface area contributed by atoms with Gasteiger partial charge in [-0.2, -0.15) is 0 Å². The number of carbonyl (C=O) groups excluding carboxylic acids is 1. The monoisotopic (exact) mass is 221 g/mol. The maximum atomic E-state index is 11.6. The molecule has 78 valence electrons. The summed E-state index contributed by atoms with van der Waals surface area (Å²) in [4.78, 5) is 18.6. The average molecular weight is 221 g/mol. The molecule has 0 aliphatic rings. The predicted molar refractivity (Wildman–Crippen MR) is 59.1 cm³/mol. The van der Waals surface area contributed by atoms with E-state index in [4.69, 9.17) is 0 Å². The SMILES string of the molecule is Cn1ccnc1SCC(=O)c1ccc[nH]1. The van der Waals surface area contributed by atoms with Gasteiger partial charge in [-0.05, 0) is 12.1 Å². The van der Waals surface area contributed by atoms with Gasteiger partial charge in [0, 0.05) is 25.6 Å². The number of Topliss-reactive ketones (excluding diaryl/α,β-unsaturated/α-hetero) is 1. The van der Waals surface area contributed by atoms with Gasteiger partial charge in [-0.3, -0.25) is 4.79 Å². The van der Waals surface area contributed by atoms with Gasteiger partial charge < -0.3 is 9.55 Å². The largest absolute Gasteiger partial charge is 0.359 e. The van der Waals surface area contributed by atoms with Crippen molar-refractivity contribution in [2.45, 2.75) is 5.16 Å². The Morgan fingerprint density at radius 3 is 3.13 bits per heavy atom. The molecule has 0 saturated carbocycles. The van der Waals surface area contributed by atoms with E-state index < -0.39 is 0 Å². The zero-order valence-corrected chi connectivity index (χ0v) is 9.12. The highest BCUT2D eigenvalue weighted by Crippen LogP contribution is 2.15. The van der Waals surface area contributed by atoms with E-state index in [0.717, 1.165) is 5.16 Å². The van der Waals surface area contributed by atoms with E-state index in [-0.39, 0.29) is 5.78 Å². The lowest BCUT2D eigenvalue weighted by molar-refractivity contribution is 0.101. The Bertz CT molecular complexity index is 447. The number of carbonyl (C=O) groups is 1. The van der Waals surface area contributed by atoms with Crippen LogP contribution in [0.5, 0.6) is 0 Å². The van der Waals surface area contributed by atoms with Crippen LogP contribution >= 0.6 is 11.8 Å². The minimum atomic E-state index is 0.0907. The molecule has 5 heteroatoms. The van der Waals surface area contributed by atoms with Gasteiger partial charge in [0.05, 0.1) is 11.4 Å². The summed E-state index contributed by atoms with van der Waals surface area (Å²) in [7, 11) is 1.91. The van der Waals surface area contributed by atoms with Gasteiger partial charge in [0.15, 0.2) is 10.9 Å². The van der Waals surface area contributed by atoms with Crippen LogP contribution in [-0.2, 0) is 7.05 Å². The van der Waals surface area contributed by atoms with E-state index in [1.165, 1.54) is 11.8 Å². The van der Waals surface area contributed by atoms with Crippen LogP contribution in [0, 0.1) is 0 Å². The van der Waals surface area contributed by atoms with Crippen molar-refractivity contribution in [3.8, 4) is 0 Å². The number of rotatable bonds is 4. The molecule has 0 atom stereocenters. The highest BCUT2D eigenvalue weighted by atomic mass is 32.2. The maximum absolute atomic E-state index is 11.6. The molecule has 0 aromatic carbocycles. The Hall–Kier alpha value is -1.49. The number of ketones is 1. The second-order valence-electron chi connectivity index (χ2n) is 3.12. The summed E-state index contributed by atoms with van der Waals surface area (Å²) >= 11 is 1.44. The van der Waals surface area contributed by atoms with Crippen molar-refractivity contribution in [3.63, 3.8) is 0 Å². The maximum Gasteiger partial charge on any atom is 0.189 e. The molecule has 0 bridgehead atoms. The van der Waals surface area contributed by atoms with Gasteiger partial charge in [-0.15, -0.1) is 0 Å². The van der Waals surface area contributed by atoms with Crippen LogP contribution in [0.25, 0.3) is 0 Å². The quantitative estimate of drug-likeness (QED) is 0.631. The van der Waals surface area contributed by atoms with E-state index in [9.17, 15) is 4.79 Å². The molecule has 4 nitrogen and oxygen atoms in total. The number of aromatic amines is 1. The molecule has 0 spiro atoms. The van der Waals surface area contributed by atoms with Crippen molar-refractivity contribution < 1.29 is 4.79 Å². The average Bonchev–Trinajstić information content (AvgIpc) is 2.85. The Balaban J connectivity index is 1.95. The van der Waals surface area contributed by atoms with Crippen LogP contribution in [-0.4, -0.2) is 26.1 Å². The number of hydrogen-bond acceptors (Lipinski definition) is 3. The fourth-order valence-electron chi connectivity index (χ4n) is 1.20. The summed E-state index contributed by atoms with van der Waals surface area (Å²) < 4.78 is 1.90. The normalized spacial score (nSPS) is 10.5. The first kappa shape index (κ1) is 10.0. The molecular formula is C10H11N3OS. The highest BCUT2D eigenvalue weighted by molar-refractivity contribution is 7.99. The predicted octanol–water partition coefficient (Wildman–Crippen LogP) is 1.72. The molecule has 0 saturated heterocycles. The third-order valence-electron chi connectivity index (χ3n) is 2.01. The molecule has 2 heterocycles. The first-order valence-corrected chi connectivity index (χ1v) is 5.52. The molecule has 2 aromatic rings. The van der Waals surface area contributed by atoms with Crippen LogP contribution in [0.1, 0.15) is 10.5 Å². The van der Waals surface area contributed by atoms with Gasteiger partial charge in [0.25, 0.3) is 0 Å². The van der Waals surface area contributed by atoms with Crippen molar-refractivity contribution in [3.05, 3.63) is 36.4 Å². The van der Waals surface area contributed by atoms with Crippen LogP contribution < -0.4 is 0 Å². The molecule has 1 N–H and O–H groups in total. The molecule has 2 aromatic heterocycles. The number of nitrogens with zero attached hydrogens (tertiary/aromatic N) is 2. The topological polar surface area (TPSA) is 50.7 Å². The number of nitrogens with one attached hydrogen (secondary N) is 1. The molecule has 0 aliphatic heterocycles. The van der Waals surface area contributed by atoms with E-state index in [2.05, 4.69) is 9.97 Å². The number of hydrogen-bond donors (Lipinski definition) is 1. The van der Waals surface area contributed by atoms with Gasteiger partial charge in [0.2, 0.25) is 0 Å². The van der Waals surface area contributed by atoms with Crippen LogP contribution in [0.3, 0.4) is 0 Å². The zero-order valence-electron chi connectivity index (χ0n) is 8.30. The Morgan fingerprint density at radius 1 is 1.67 bits per heavy atom. The van der Waals surface area contributed by atoms with Crippen molar-refractivity contribution in [2.24, 2.45) is 7.05 Å². The number of thioether (sulfide) groups is 1. The summed E-state index contributed by atoms with van der Waals surface area (Å²) in [5.41, 5.74) is 0.650. The van der Waals surface area contributed by atoms with Crippen molar-refractivity contribution in [1.29, 1.82) is 0 Å². The Kier molecular flexibility index (Phi) is 2.91. The fraction of sp³-hybridized carbons (Fsp3) is 0.200. The molecule has 0 fully saturated rings. The number of aryl methyl sites for hydroxylation is 1. The minimum Gasteiger partial charge on any atom is -0.359 e. The zero-order chi connectivity index (χ0) is 10.7. The first-order valence-electron chi connectivity index (χ1n) is 4.54. The smallest absolute Gasteiger partial charge is 0.189 e. The summed E-state index contributed by atoms with van der Waals surface area (Å²) in [6, 6.07) is 3.60. The van der Waals surface area contributed by atoms with Gasteiger partial charge >= 0.3 is 0 Å². The third kappa shape index (κ3) is 2.30. The van der Waals surface area contributed by atoms with E-state index in [0.29, 0.717) is 11.4 Å². The van der Waals surface area contributed by atoms with E-state index >= 15 is 0 Å². The van der Waals surface area contributed by atoms with Gasteiger partial charge in [-0.1, -0.05) is 11.8 Å². The molecule has 2 rings (SSSR count). The molecule has 0 amide bonds. The lowest BCUT2D eigenvalue weighted by Gasteiger charge is -1.99. The first-order chi connectivity index (χ1) is 7.27. The molecular weight excluding hydrogens is 210 g/mol. The van der Waals surface area contributed by atoms with Crippen LogP contribution in [0.2, 0.25) is 0 Å². The molecule has 0 unspecified atom stereocenters. The second kappa shape index (κ2) is 4.35. The standard InChI is InChI=1S/C10H11N3OS/c1-13-6-5-12-10(13)15-7-9(14)8-3-2-4-11-8/h2-6,11H,7H2,1H3. The van der Waals surface area contributed by atoms with E-state index in [1.807, 2.05) is 23.9 Å². The Morgan fingerprint density at radius 2 is 2.53 bits per heavy atom. The number of H-pyrrole nitrogens is 1. The number of aromatic nitrogens is 3. The minimum absolute atomic E-state index is 0.0907. The number of imidazole rings is 1. The van der Waals surface area contributed by atoms with Crippen molar-refractivity contribution in [1.82, 2.24) is 14.5 Å². The summed E-state index contributed by atoms with van der Waals surface area (Å²) in [6.45, 7) is 0. The Labute approximate surface area is 91.7 Å². The lowest BCUT2D eigenvalue weighted by atomic mass is 10.3. The highest BCUT2D eigenvalue weighted by Gasteiger charge is 2.08. The summed E-state index contributed by atoms with van der Waals surface area (Å²) in [6.07, 6.45) is 5.33. The fourth-order valence-corrected chi connectivity index (χ4v) is 2.02. The van der Waals surface area contributed by atoms with E-state index in [1.54, 1.807) is 18.5 Å². The van der Waals surface area contributed by atoms with Gasteiger partial charge in [-0.25, -0.2) is 4.98 Å². The van der Waals surface area contributed by atoms with Crippen molar-refractivity contribution >= 4 is 17.5 Å². The summed E-state index contributed by atoms with van der Waals surface area (Å²) in [5.74, 6) is 0.499. The van der Waals surface area contributed by atoms with Crippen LogP contribution in [0.15, 0.2) is 35.9 Å². The molecule has 15 heavy (non-hydrogen) atoms. The van der Waals surface area contributed by atoms with Crippen molar-refractivity contribution in [2.75, 3.05) is 5.75 Å². The third-order valence-corrected chi connectivity index (χ3v) is 3.07. The molecule has 0 radical (unpaired) electrons. The second-order valence-corrected chi connectivity index (χ2v) is 4.06. The molecule has 0 aliphatic carbocycles.